The van der Waals surface area contributed by atoms with Gasteiger partial charge in [0.2, 0.25) is 0 Å². The van der Waals surface area contributed by atoms with Crippen molar-refractivity contribution >= 4 is 34.1 Å². The van der Waals surface area contributed by atoms with Gasteiger partial charge in [0.25, 0.3) is 5.69 Å². The maximum Gasteiger partial charge on any atom is 0.292 e. The van der Waals surface area contributed by atoms with Crippen molar-refractivity contribution in [3.8, 4) is 0 Å². The van der Waals surface area contributed by atoms with Crippen LogP contribution in [0.3, 0.4) is 0 Å². The second-order valence-electron chi connectivity index (χ2n) is 8.08. The van der Waals surface area contributed by atoms with Gasteiger partial charge < -0.3 is 24.5 Å². The Morgan fingerprint density at radius 1 is 0.567 bits per heavy atom. The first kappa shape index (κ1) is 24.9. The number of anilines is 5. The molecule has 8 nitrogen and oxygen atoms in total. The van der Waals surface area contributed by atoms with Crippen LogP contribution in [-0.4, -0.2) is 75.4 Å². The van der Waals surface area contributed by atoms with Crippen LogP contribution >= 0.6 is 0 Å². The van der Waals surface area contributed by atoms with Gasteiger partial charge in [-0.2, -0.15) is 0 Å². The number of rotatable bonds is 6. The highest BCUT2D eigenvalue weighted by atomic mass is 16.6. The minimum atomic E-state index is -0.366. The Morgan fingerprint density at radius 2 is 0.967 bits per heavy atom. The zero-order valence-corrected chi connectivity index (χ0v) is 20.0. The molecule has 0 amide bonds. The first-order valence-corrected chi connectivity index (χ1v) is 9.65. The molecule has 0 saturated heterocycles. The Labute approximate surface area is 181 Å². The van der Waals surface area contributed by atoms with Crippen LogP contribution in [0.2, 0.25) is 0 Å². The van der Waals surface area contributed by atoms with E-state index in [4.69, 9.17) is 0 Å². The largest absolute Gasteiger partial charge is 0.378 e. The lowest BCUT2D eigenvalue weighted by Crippen LogP contribution is -2.18. The van der Waals surface area contributed by atoms with Crippen LogP contribution in [0.25, 0.3) is 0 Å². The Hall–Kier alpha value is -3.16. The SMILES string of the molecule is CN(C)c1ccc(N(C)C)c(N(C)C)c1.CN(C)c1ccc([N+](=O)[O-])c(N(C)C)c1. The molecule has 2 rings (SSSR count). The van der Waals surface area contributed by atoms with E-state index in [1.165, 1.54) is 23.1 Å². The van der Waals surface area contributed by atoms with Crippen LogP contribution in [0.5, 0.6) is 0 Å². The zero-order chi connectivity index (χ0) is 23.2. The summed E-state index contributed by atoms with van der Waals surface area (Å²) in [6, 6.07) is 11.6. The van der Waals surface area contributed by atoms with E-state index in [2.05, 4.69) is 75.2 Å². The van der Waals surface area contributed by atoms with E-state index in [1.807, 2.05) is 19.0 Å². The van der Waals surface area contributed by atoms with Gasteiger partial charge >= 0.3 is 0 Å². The van der Waals surface area contributed by atoms with Crippen LogP contribution in [-0.2, 0) is 0 Å². The van der Waals surface area contributed by atoms with Crippen LogP contribution in [0, 0.1) is 10.1 Å². The molecule has 0 fully saturated rings. The van der Waals surface area contributed by atoms with Crippen molar-refractivity contribution in [2.24, 2.45) is 0 Å². The van der Waals surface area contributed by atoms with E-state index in [0.717, 1.165) is 5.69 Å². The molecule has 0 aliphatic heterocycles. The van der Waals surface area contributed by atoms with Crippen molar-refractivity contribution in [2.45, 2.75) is 0 Å². The number of hydrogen-bond acceptors (Lipinski definition) is 7. The van der Waals surface area contributed by atoms with Crippen LogP contribution < -0.4 is 24.5 Å². The Morgan fingerprint density at radius 3 is 1.33 bits per heavy atom. The Bertz CT molecular complexity index is 848. The maximum atomic E-state index is 10.8. The standard InChI is InChI=1S/C12H21N3.C10H15N3O2/c1-13(2)10-7-8-11(14(3)4)12(9-10)15(5)6;1-11(2)8-5-6-9(13(14)15)10(7-8)12(3)4/h7-9H,1-6H3;5-7H,1-4H3. The molecule has 0 radical (unpaired) electrons. The molecule has 0 unspecified atom stereocenters. The number of nitro groups is 1. The molecule has 0 aliphatic carbocycles. The molecule has 0 saturated carbocycles. The summed E-state index contributed by atoms with van der Waals surface area (Å²) in [5.41, 5.74) is 5.40. The van der Waals surface area contributed by atoms with Crippen molar-refractivity contribution in [1.29, 1.82) is 0 Å². The number of hydrogen-bond donors (Lipinski definition) is 0. The summed E-state index contributed by atoms with van der Waals surface area (Å²) in [6.07, 6.45) is 0. The Balaban J connectivity index is 0.000000300. The van der Waals surface area contributed by atoms with Gasteiger partial charge in [-0.1, -0.05) is 0 Å². The smallest absolute Gasteiger partial charge is 0.292 e. The number of benzene rings is 2. The molecule has 2 aromatic carbocycles. The lowest BCUT2D eigenvalue weighted by molar-refractivity contribution is -0.384. The first-order chi connectivity index (χ1) is 13.9. The monoisotopic (exact) mass is 416 g/mol. The van der Waals surface area contributed by atoms with Crippen molar-refractivity contribution in [3.63, 3.8) is 0 Å². The van der Waals surface area contributed by atoms with Crippen LogP contribution in [0.15, 0.2) is 36.4 Å². The van der Waals surface area contributed by atoms with E-state index in [-0.39, 0.29) is 10.6 Å². The molecule has 166 valence electrons. The summed E-state index contributed by atoms with van der Waals surface area (Å²) in [4.78, 5) is 20.5. The fourth-order valence-corrected chi connectivity index (χ4v) is 2.83. The topological polar surface area (TPSA) is 59.3 Å². The van der Waals surface area contributed by atoms with E-state index in [0.29, 0.717) is 5.69 Å². The quantitative estimate of drug-likeness (QED) is 0.527. The third kappa shape index (κ3) is 6.43. The fourth-order valence-electron chi connectivity index (χ4n) is 2.83. The molecule has 0 N–H and O–H groups in total. The molecule has 0 bridgehead atoms. The summed E-state index contributed by atoms with van der Waals surface area (Å²) >= 11 is 0. The summed E-state index contributed by atoms with van der Waals surface area (Å²) in [5, 5.41) is 10.8. The number of nitro benzene ring substituents is 1. The minimum Gasteiger partial charge on any atom is -0.378 e. The van der Waals surface area contributed by atoms with Crippen molar-refractivity contribution in [2.75, 3.05) is 95.0 Å². The lowest BCUT2D eigenvalue weighted by atomic mass is 10.2. The predicted octanol–water partition coefficient (Wildman–Crippen LogP) is 3.61. The third-order valence-corrected chi connectivity index (χ3v) is 4.59. The zero-order valence-electron chi connectivity index (χ0n) is 20.0. The molecule has 0 spiro atoms. The molecule has 2 aromatic rings. The van der Waals surface area contributed by atoms with Crippen molar-refractivity contribution in [1.82, 2.24) is 0 Å². The molecule has 0 heterocycles. The summed E-state index contributed by atoms with van der Waals surface area (Å²) < 4.78 is 0. The summed E-state index contributed by atoms with van der Waals surface area (Å²) in [6.45, 7) is 0. The maximum absolute atomic E-state index is 10.8. The minimum absolute atomic E-state index is 0.130. The van der Waals surface area contributed by atoms with Gasteiger partial charge in [0, 0.05) is 87.9 Å². The van der Waals surface area contributed by atoms with Gasteiger partial charge in [-0.15, -0.1) is 0 Å². The molecule has 30 heavy (non-hydrogen) atoms. The van der Waals surface area contributed by atoms with Gasteiger partial charge in [-0.3, -0.25) is 10.1 Å². The summed E-state index contributed by atoms with van der Waals surface area (Å²) in [7, 11) is 19.8. The third-order valence-electron chi connectivity index (χ3n) is 4.59. The van der Waals surface area contributed by atoms with Crippen LogP contribution in [0.1, 0.15) is 0 Å². The first-order valence-electron chi connectivity index (χ1n) is 9.65. The van der Waals surface area contributed by atoms with Crippen LogP contribution in [0.4, 0.5) is 34.1 Å². The second kappa shape index (κ2) is 10.6. The van der Waals surface area contributed by atoms with Gasteiger partial charge in [-0.05, 0) is 30.3 Å². The average molecular weight is 417 g/mol. The lowest BCUT2D eigenvalue weighted by Gasteiger charge is -2.24. The highest BCUT2D eigenvalue weighted by Crippen LogP contribution is 2.31. The van der Waals surface area contributed by atoms with Gasteiger partial charge in [-0.25, -0.2) is 0 Å². The number of nitrogens with zero attached hydrogens (tertiary/aromatic N) is 6. The van der Waals surface area contributed by atoms with Gasteiger partial charge in [0.15, 0.2) is 0 Å². The Kier molecular flexibility index (Phi) is 8.76. The van der Waals surface area contributed by atoms with E-state index in [9.17, 15) is 10.1 Å². The van der Waals surface area contributed by atoms with E-state index >= 15 is 0 Å². The fraction of sp³-hybridized carbons (Fsp3) is 0.455. The van der Waals surface area contributed by atoms with E-state index in [1.54, 1.807) is 31.1 Å². The van der Waals surface area contributed by atoms with Gasteiger partial charge in [0.1, 0.15) is 5.69 Å². The molecular weight excluding hydrogens is 380 g/mol. The predicted molar refractivity (Wildman–Crippen MR) is 131 cm³/mol. The normalized spacial score (nSPS) is 9.93. The summed E-state index contributed by atoms with van der Waals surface area (Å²) in [5.74, 6) is 0. The molecule has 0 aliphatic rings. The van der Waals surface area contributed by atoms with Crippen molar-refractivity contribution < 1.29 is 4.92 Å². The molecule has 8 heteroatoms. The highest BCUT2D eigenvalue weighted by molar-refractivity contribution is 5.75. The molecule has 0 aromatic heterocycles. The van der Waals surface area contributed by atoms with E-state index < -0.39 is 0 Å². The average Bonchev–Trinajstić information content (AvgIpc) is 2.67. The second-order valence-corrected chi connectivity index (χ2v) is 8.08. The highest BCUT2D eigenvalue weighted by Gasteiger charge is 2.16. The van der Waals surface area contributed by atoms with Gasteiger partial charge in [0.05, 0.1) is 16.3 Å². The molecule has 0 atom stereocenters. The van der Waals surface area contributed by atoms with Crippen molar-refractivity contribution in [3.05, 3.63) is 46.5 Å². The molecular formula is C22H36N6O2.